The van der Waals surface area contributed by atoms with Crippen LogP contribution in [0.4, 0.5) is 0 Å². The fourth-order valence-corrected chi connectivity index (χ4v) is 4.08. The van der Waals surface area contributed by atoms with Gasteiger partial charge >= 0.3 is 5.97 Å². The average Bonchev–Trinajstić information content (AvgIpc) is 3.17. The Balaban J connectivity index is 1.67. The molecule has 7 atom stereocenters. The highest BCUT2D eigenvalue weighted by atomic mass is 16.7. The first-order chi connectivity index (χ1) is 14.8. The van der Waals surface area contributed by atoms with Crippen LogP contribution in [0.2, 0.25) is 0 Å². The van der Waals surface area contributed by atoms with Gasteiger partial charge in [-0.1, -0.05) is 19.9 Å². The van der Waals surface area contributed by atoms with Gasteiger partial charge in [0.2, 0.25) is 6.29 Å². The van der Waals surface area contributed by atoms with Crippen molar-refractivity contribution in [3.63, 3.8) is 0 Å². The van der Waals surface area contributed by atoms with Crippen molar-refractivity contribution in [2.24, 2.45) is 17.8 Å². The molecule has 1 aliphatic carbocycles. The van der Waals surface area contributed by atoms with Crippen molar-refractivity contribution in [3.05, 3.63) is 23.5 Å². The molecule has 0 bridgehead atoms. The van der Waals surface area contributed by atoms with Crippen molar-refractivity contribution in [1.82, 2.24) is 0 Å². The molecule has 2 heterocycles. The lowest BCUT2D eigenvalue weighted by atomic mass is 9.84. The molecule has 10 heteroatoms. The number of allylic oxidation sites excluding steroid dienone is 1. The molecule has 0 saturated carbocycles. The Morgan fingerprint density at radius 2 is 1.94 bits per heavy atom. The molecule has 31 heavy (non-hydrogen) atoms. The lowest BCUT2D eigenvalue weighted by molar-refractivity contribution is -0.254. The minimum atomic E-state index is -1.70. The van der Waals surface area contributed by atoms with Crippen LogP contribution in [0, 0.1) is 17.8 Å². The summed E-state index contributed by atoms with van der Waals surface area (Å²) in [6.45, 7) is 2.93. The summed E-state index contributed by atoms with van der Waals surface area (Å²) in [5.41, 5.74) is 1.38. The molecule has 174 valence electrons. The van der Waals surface area contributed by atoms with E-state index in [0.717, 1.165) is 0 Å². The molecule has 1 saturated heterocycles. The molecule has 0 aromatic heterocycles. The Morgan fingerprint density at radius 3 is 2.58 bits per heavy atom. The molecule has 0 aromatic carbocycles. The van der Waals surface area contributed by atoms with E-state index < -0.39 is 43.3 Å². The summed E-state index contributed by atoms with van der Waals surface area (Å²) in [5, 5.41) is 38.7. The van der Waals surface area contributed by atoms with Crippen molar-refractivity contribution >= 4 is 11.8 Å². The van der Waals surface area contributed by atoms with Crippen LogP contribution in [0.15, 0.2) is 23.5 Å². The van der Waals surface area contributed by atoms with E-state index >= 15 is 0 Å². The molecule has 3 aliphatic rings. The summed E-state index contributed by atoms with van der Waals surface area (Å²) < 4.78 is 22.0. The number of ketones is 1. The summed E-state index contributed by atoms with van der Waals surface area (Å²) in [4.78, 5) is 24.1. The first kappa shape index (κ1) is 23.8. The first-order valence-electron chi connectivity index (χ1n) is 10.4. The molecular weight excluding hydrogens is 412 g/mol. The zero-order valence-electron chi connectivity index (χ0n) is 17.5. The Morgan fingerprint density at radius 1 is 1.19 bits per heavy atom. The quantitative estimate of drug-likeness (QED) is 0.283. The van der Waals surface area contributed by atoms with Gasteiger partial charge in [0, 0.05) is 12.3 Å². The molecule has 7 unspecified atom stereocenters. The van der Waals surface area contributed by atoms with E-state index in [1.807, 2.05) is 19.9 Å². The zero-order chi connectivity index (χ0) is 22.7. The van der Waals surface area contributed by atoms with E-state index in [9.17, 15) is 30.0 Å². The van der Waals surface area contributed by atoms with Gasteiger partial charge in [0.1, 0.15) is 12.2 Å². The second-order valence-electron chi connectivity index (χ2n) is 8.42. The summed E-state index contributed by atoms with van der Waals surface area (Å²) in [6.07, 6.45) is -2.63. The van der Waals surface area contributed by atoms with Gasteiger partial charge in [0.25, 0.3) is 0 Å². The Labute approximate surface area is 180 Å². The fraction of sp³-hybridized carbons (Fsp3) is 0.714. The molecule has 0 radical (unpaired) electrons. The van der Waals surface area contributed by atoms with Crippen molar-refractivity contribution < 1.29 is 49.0 Å². The molecule has 0 aromatic rings. The van der Waals surface area contributed by atoms with Crippen LogP contribution in [0.5, 0.6) is 0 Å². The van der Waals surface area contributed by atoms with Crippen molar-refractivity contribution in [1.29, 1.82) is 0 Å². The molecule has 10 nitrogen and oxygen atoms in total. The number of carbonyl (C=O) groups excluding carboxylic acids is 2. The van der Waals surface area contributed by atoms with Crippen molar-refractivity contribution in [2.45, 2.75) is 57.6 Å². The monoisotopic (exact) mass is 442 g/mol. The number of fused-ring (bicyclic) bond motifs is 1. The maximum absolute atomic E-state index is 12.1. The van der Waals surface area contributed by atoms with Crippen LogP contribution in [-0.2, 0) is 28.5 Å². The van der Waals surface area contributed by atoms with E-state index in [1.54, 1.807) is 0 Å². The molecule has 1 fully saturated rings. The Bertz CT molecular complexity index is 730. The molecule has 0 spiro atoms. The van der Waals surface area contributed by atoms with Crippen molar-refractivity contribution in [3.8, 4) is 0 Å². The second-order valence-corrected chi connectivity index (χ2v) is 8.42. The van der Waals surface area contributed by atoms with Crippen LogP contribution in [0.3, 0.4) is 0 Å². The lowest BCUT2D eigenvalue weighted by Crippen LogP contribution is -2.56. The van der Waals surface area contributed by atoms with Gasteiger partial charge in [0.15, 0.2) is 18.2 Å². The third-order valence-corrected chi connectivity index (χ3v) is 5.72. The predicted octanol–water partition coefficient (Wildman–Crippen LogP) is -0.605. The number of carbonyl (C=O) groups is 2. The first-order valence-corrected chi connectivity index (χ1v) is 10.4. The topological polar surface area (TPSA) is 152 Å². The van der Waals surface area contributed by atoms with Gasteiger partial charge in [-0.2, -0.15) is 0 Å². The number of esters is 1. The zero-order valence-corrected chi connectivity index (χ0v) is 17.5. The van der Waals surface area contributed by atoms with E-state index in [4.69, 9.17) is 18.9 Å². The Hall–Kier alpha value is -1.82. The number of hydrogen-bond acceptors (Lipinski definition) is 10. The molecule has 4 N–H and O–H groups in total. The fourth-order valence-electron chi connectivity index (χ4n) is 4.08. The van der Waals surface area contributed by atoms with Crippen LogP contribution < -0.4 is 0 Å². The van der Waals surface area contributed by atoms with Gasteiger partial charge in [-0.25, -0.2) is 0 Å². The maximum atomic E-state index is 12.1. The SMILES string of the molecule is CC(C)CC(=O)OC1OC=C(COC2OC(CO)C(O)C(=O)C2O)C2CC=C(CO)C12. The minimum Gasteiger partial charge on any atom is -0.462 e. The number of Topliss-reactive ketones (excluding diaryl/α,β-unsaturated/α-hetero) is 1. The number of ether oxygens (including phenoxy) is 4. The van der Waals surface area contributed by atoms with Crippen LogP contribution >= 0.6 is 0 Å². The standard InChI is InChI=1S/C21H30O10/c1-10(2)5-15(24)31-20-16-11(6-22)3-4-13(16)12(8-28-20)9-29-21-19(27)18(26)17(25)14(7-23)30-21/h3,8,10,13-14,16-17,19-23,25,27H,4-7,9H2,1-2H3. The average molecular weight is 442 g/mol. The van der Waals surface area contributed by atoms with E-state index in [1.165, 1.54) is 6.26 Å². The van der Waals surface area contributed by atoms with Crippen LogP contribution in [0.25, 0.3) is 0 Å². The van der Waals surface area contributed by atoms with Gasteiger partial charge in [-0.05, 0) is 23.5 Å². The maximum Gasteiger partial charge on any atom is 0.309 e. The third-order valence-electron chi connectivity index (χ3n) is 5.72. The normalized spacial score (nSPS) is 35.3. The highest BCUT2D eigenvalue weighted by molar-refractivity contribution is 5.88. The van der Waals surface area contributed by atoms with Crippen molar-refractivity contribution in [2.75, 3.05) is 19.8 Å². The highest BCUT2D eigenvalue weighted by Gasteiger charge is 2.46. The van der Waals surface area contributed by atoms with Gasteiger partial charge in [0.05, 0.1) is 32.0 Å². The predicted molar refractivity (Wildman–Crippen MR) is 104 cm³/mol. The number of aliphatic hydroxyl groups excluding tert-OH is 4. The lowest BCUT2D eigenvalue weighted by Gasteiger charge is -2.37. The summed E-state index contributed by atoms with van der Waals surface area (Å²) >= 11 is 0. The minimum absolute atomic E-state index is 0.0658. The van der Waals surface area contributed by atoms with Crippen LogP contribution in [-0.4, -0.2) is 82.9 Å². The van der Waals surface area contributed by atoms with Gasteiger partial charge < -0.3 is 39.4 Å². The smallest absolute Gasteiger partial charge is 0.309 e. The highest BCUT2D eigenvalue weighted by Crippen LogP contribution is 2.43. The second kappa shape index (κ2) is 10.2. The molecular formula is C21H30O10. The van der Waals surface area contributed by atoms with Crippen LogP contribution in [0.1, 0.15) is 26.7 Å². The van der Waals surface area contributed by atoms with Gasteiger partial charge in [-0.3, -0.25) is 9.59 Å². The summed E-state index contributed by atoms with van der Waals surface area (Å²) in [6, 6.07) is 0. The Kier molecular flexibility index (Phi) is 7.84. The number of rotatable bonds is 8. The molecule has 0 amide bonds. The van der Waals surface area contributed by atoms with Gasteiger partial charge in [-0.15, -0.1) is 0 Å². The van der Waals surface area contributed by atoms with E-state index in [2.05, 4.69) is 0 Å². The van der Waals surface area contributed by atoms with E-state index in [0.29, 0.717) is 17.6 Å². The molecule has 3 rings (SSSR count). The number of aliphatic hydroxyl groups is 4. The summed E-state index contributed by atoms with van der Waals surface area (Å²) in [7, 11) is 0. The largest absolute Gasteiger partial charge is 0.462 e. The van der Waals surface area contributed by atoms with E-state index in [-0.39, 0.29) is 43.4 Å². The molecule has 2 aliphatic heterocycles. The third kappa shape index (κ3) is 5.16. The summed E-state index contributed by atoms with van der Waals surface area (Å²) in [5.74, 6) is -1.68. The number of hydrogen-bond donors (Lipinski definition) is 4.